The summed E-state index contributed by atoms with van der Waals surface area (Å²) in [5.74, 6) is -0.336. The van der Waals surface area contributed by atoms with Gasteiger partial charge in [-0.2, -0.15) is 0 Å². The fourth-order valence-electron chi connectivity index (χ4n) is 2.17. The molecule has 24 heavy (non-hydrogen) atoms. The summed E-state index contributed by atoms with van der Waals surface area (Å²) in [4.78, 5) is 27.4. The molecule has 0 atom stereocenters. The third kappa shape index (κ3) is 3.52. The summed E-state index contributed by atoms with van der Waals surface area (Å²) in [5.41, 5.74) is 7.45. The summed E-state index contributed by atoms with van der Waals surface area (Å²) < 4.78 is 6.19. The Morgan fingerprint density at radius 1 is 1.21 bits per heavy atom. The minimum absolute atomic E-state index is 0.198. The Morgan fingerprint density at radius 3 is 2.62 bits per heavy atom. The van der Waals surface area contributed by atoms with Crippen molar-refractivity contribution in [1.82, 2.24) is 4.98 Å². The van der Waals surface area contributed by atoms with Crippen molar-refractivity contribution in [3.63, 3.8) is 0 Å². The highest BCUT2D eigenvalue weighted by atomic mass is 32.1. The van der Waals surface area contributed by atoms with Crippen molar-refractivity contribution in [3.05, 3.63) is 53.6 Å². The van der Waals surface area contributed by atoms with Crippen LogP contribution in [-0.4, -0.2) is 23.4 Å². The van der Waals surface area contributed by atoms with Gasteiger partial charge in [-0.05, 0) is 42.8 Å². The zero-order chi connectivity index (χ0) is 17.1. The lowest BCUT2D eigenvalue weighted by Gasteiger charge is -2.05. The maximum absolute atomic E-state index is 12.3. The van der Waals surface area contributed by atoms with Crippen molar-refractivity contribution >= 4 is 38.5 Å². The third-order valence-electron chi connectivity index (χ3n) is 3.34. The van der Waals surface area contributed by atoms with Gasteiger partial charge in [0.15, 0.2) is 11.7 Å². The molecule has 0 radical (unpaired) electrons. The van der Waals surface area contributed by atoms with E-state index in [9.17, 15) is 9.59 Å². The van der Waals surface area contributed by atoms with Crippen LogP contribution in [0.15, 0.2) is 42.5 Å². The minimum Gasteiger partial charge on any atom is -0.484 e. The van der Waals surface area contributed by atoms with Crippen molar-refractivity contribution in [2.24, 2.45) is 5.73 Å². The molecule has 0 saturated heterocycles. The van der Waals surface area contributed by atoms with Gasteiger partial charge in [0.05, 0.1) is 10.2 Å². The predicted molar refractivity (Wildman–Crippen MR) is 93.4 cm³/mol. The summed E-state index contributed by atoms with van der Waals surface area (Å²) >= 11 is 1.43. The van der Waals surface area contributed by atoms with Crippen LogP contribution in [0.4, 0.5) is 5.13 Å². The van der Waals surface area contributed by atoms with E-state index in [4.69, 9.17) is 10.5 Å². The van der Waals surface area contributed by atoms with E-state index < -0.39 is 5.91 Å². The highest BCUT2D eigenvalue weighted by Gasteiger charge is 2.11. The number of hydrogen-bond acceptors (Lipinski definition) is 5. The topological polar surface area (TPSA) is 94.3 Å². The minimum atomic E-state index is -0.553. The number of aryl methyl sites for hydroxylation is 1. The molecule has 0 aliphatic carbocycles. The second-order valence-corrected chi connectivity index (χ2v) is 6.20. The second-order valence-electron chi connectivity index (χ2n) is 5.17. The molecule has 3 aromatic rings. The lowest BCUT2D eigenvalue weighted by molar-refractivity contribution is -0.119. The number of nitrogens with zero attached hydrogens (tertiary/aromatic N) is 1. The van der Waals surface area contributed by atoms with E-state index in [0.29, 0.717) is 16.4 Å². The molecule has 3 N–H and O–H groups in total. The molecule has 0 saturated carbocycles. The van der Waals surface area contributed by atoms with E-state index in [1.165, 1.54) is 11.3 Å². The van der Waals surface area contributed by atoms with E-state index in [1.807, 2.05) is 25.1 Å². The zero-order valence-electron chi connectivity index (χ0n) is 12.9. The number of aromatic nitrogens is 1. The SMILES string of the molecule is Cc1cccc2sc(NC(=O)c3ccc(OCC(N)=O)cc3)nc12. The smallest absolute Gasteiger partial charge is 0.257 e. The number of para-hydroxylation sites is 1. The van der Waals surface area contributed by atoms with Gasteiger partial charge < -0.3 is 10.5 Å². The van der Waals surface area contributed by atoms with Crippen LogP contribution in [0, 0.1) is 6.92 Å². The van der Waals surface area contributed by atoms with E-state index in [1.54, 1.807) is 24.3 Å². The Hall–Kier alpha value is -2.93. The molecule has 0 unspecified atom stereocenters. The van der Waals surface area contributed by atoms with Crippen molar-refractivity contribution in [1.29, 1.82) is 0 Å². The Morgan fingerprint density at radius 2 is 1.96 bits per heavy atom. The van der Waals surface area contributed by atoms with E-state index >= 15 is 0 Å². The van der Waals surface area contributed by atoms with Gasteiger partial charge in [0.25, 0.3) is 11.8 Å². The molecule has 1 heterocycles. The lowest BCUT2D eigenvalue weighted by Crippen LogP contribution is -2.20. The molecule has 2 amide bonds. The van der Waals surface area contributed by atoms with E-state index in [0.717, 1.165) is 15.8 Å². The Bertz CT molecular complexity index is 903. The van der Waals surface area contributed by atoms with Crippen LogP contribution < -0.4 is 15.8 Å². The van der Waals surface area contributed by atoms with Gasteiger partial charge in [-0.3, -0.25) is 14.9 Å². The number of nitrogens with two attached hydrogens (primary N) is 1. The molecule has 0 fully saturated rings. The molecular weight excluding hydrogens is 326 g/mol. The van der Waals surface area contributed by atoms with Gasteiger partial charge in [-0.25, -0.2) is 4.98 Å². The average Bonchev–Trinajstić information content (AvgIpc) is 2.97. The van der Waals surface area contributed by atoms with Crippen LogP contribution in [0.1, 0.15) is 15.9 Å². The molecule has 7 heteroatoms. The Balaban J connectivity index is 1.71. The molecule has 3 rings (SSSR count). The second kappa shape index (κ2) is 6.67. The fourth-order valence-corrected chi connectivity index (χ4v) is 3.10. The monoisotopic (exact) mass is 341 g/mol. The van der Waals surface area contributed by atoms with Crippen molar-refractivity contribution in [3.8, 4) is 5.75 Å². The number of thiazole rings is 1. The number of nitrogens with one attached hydrogen (secondary N) is 1. The van der Waals surface area contributed by atoms with Gasteiger partial charge in [0.1, 0.15) is 5.75 Å². The highest BCUT2D eigenvalue weighted by molar-refractivity contribution is 7.22. The predicted octanol–water partition coefficient (Wildman–Crippen LogP) is 2.72. The van der Waals surface area contributed by atoms with Crippen LogP contribution in [0.3, 0.4) is 0 Å². The molecule has 2 aromatic carbocycles. The summed E-state index contributed by atoms with van der Waals surface area (Å²) in [6, 6.07) is 12.4. The number of ether oxygens (including phenoxy) is 1. The van der Waals surface area contributed by atoms with Crippen LogP contribution in [0.5, 0.6) is 5.75 Å². The van der Waals surface area contributed by atoms with Crippen molar-refractivity contribution in [2.75, 3.05) is 11.9 Å². The normalized spacial score (nSPS) is 10.5. The summed E-state index contributed by atoms with van der Waals surface area (Å²) in [6.07, 6.45) is 0. The molecule has 0 aliphatic rings. The largest absolute Gasteiger partial charge is 0.484 e. The zero-order valence-corrected chi connectivity index (χ0v) is 13.7. The Kier molecular flexibility index (Phi) is 4.43. The highest BCUT2D eigenvalue weighted by Crippen LogP contribution is 2.28. The van der Waals surface area contributed by atoms with E-state index in [-0.39, 0.29) is 12.5 Å². The molecule has 0 aliphatic heterocycles. The van der Waals surface area contributed by atoms with Gasteiger partial charge in [-0.15, -0.1) is 0 Å². The lowest BCUT2D eigenvalue weighted by atomic mass is 10.2. The van der Waals surface area contributed by atoms with Crippen LogP contribution >= 0.6 is 11.3 Å². The first-order chi connectivity index (χ1) is 11.5. The van der Waals surface area contributed by atoms with Gasteiger partial charge in [-0.1, -0.05) is 23.5 Å². The number of benzene rings is 2. The molecule has 6 nitrogen and oxygen atoms in total. The number of primary amides is 1. The number of fused-ring (bicyclic) bond motifs is 1. The standard InChI is InChI=1S/C17H15N3O3S/c1-10-3-2-4-13-15(10)19-17(24-13)20-16(22)11-5-7-12(8-6-11)23-9-14(18)21/h2-8H,9H2,1H3,(H2,18,21)(H,19,20,22). The quantitative estimate of drug-likeness (QED) is 0.746. The number of anilines is 1. The summed E-state index contributed by atoms with van der Waals surface area (Å²) in [6.45, 7) is 1.79. The molecule has 0 bridgehead atoms. The fraction of sp³-hybridized carbons (Fsp3) is 0.118. The molecular formula is C17H15N3O3S. The number of carbonyl (C=O) groups is 2. The maximum Gasteiger partial charge on any atom is 0.257 e. The first-order valence-electron chi connectivity index (χ1n) is 7.21. The number of carbonyl (C=O) groups excluding carboxylic acids is 2. The van der Waals surface area contributed by atoms with Crippen LogP contribution in [0.25, 0.3) is 10.2 Å². The van der Waals surface area contributed by atoms with Crippen molar-refractivity contribution < 1.29 is 14.3 Å². The van der Waals surface area contributed by atoms with E-state index in [2.05, 4.69) is 10.3 Å². The van der Waals surface area contributed by atoms with Gasteiger partial charge >= 0.3 is 0 Å². The van der Waals surface area contributed by atoms with Gasteiger partial charge in [0.2, 0.25) is 0 Å². The number of hydrogen-bond donors (Lipinski definition) is 2. The number of rotatable bonds is 5. The van der Waals surface area contributed by atoms with Gasteiger partial charge in [0, 0.05) is 5.56 Å². The van der Waals surface area contributed by atoms with Crippen LogP contribution in [-0.2, 0) is 4.79 Å². The average molecular weight is 341 g/mol. The maximum atomic E-state index is 12.3. The first-order valence-corrected chi connectivity index (χ1v) is 8.03. The molecule has 122 valence electrons. The first kappa shape index (κ1) is 15.9. The van der Waals surface area contributed by atoms with Crippen molar-refractivity contribution in [2.45, 2.75) is 6.92 Å². The number of amides is 2. The Labute approximate surface area is 142 Å². The molecule has 0 spiro atoms. The molecule has 1 aromatic heterocycles. The summed E-state index contributed by atoms with van der Waals surface area (Å²) in [5, 5.41) is 3.35. The third-order valence-corrected chi connectivity index (χ3v) is 4.27. The van der Waals surface area contributed by atoms with Crippen LogP contribution in [0.2, 0.25) is 0 Å². The summed E-state index contributed by atoms with van der Waals surface area (Å²) in [7, 11) is 0.